The zero-order valence-corrected chi connectivity index (χ0v) is 10.8. The Labute approximate surface area is 107 Å². The van der Waals surface area contributed by atoms with Crippen LogP contribution in [0.4, 0.5) is 5.82 Å². The van der Waals surface area contributed by atoms with Crippen molar-refractivity contribution in [1.29, 1.82) is 10.5 Å². The third-order valence-electron chi connectivity index (χ3n) is 3.28. The van der Waals surface area contributed by atoms with Gasteiger partial charge >= 0.3 is 0 Å². The third kappa shape index (κ3) is 2.28. The molecule has 1 atom stereocenters. The van der Waals surface area contributed by atoms with Crippen LogP contribution in [0.15, 0.2) is 6.07 Å². The lowest BCUT2D eigenvalue weighted by Crippen LogP contribution is -2.25. The van der Waals surface area contributed by atoms with E-state index in [1.54, 1.807) is 0 Å². The summed E-state index contributed by atoms with van der Waals surface area (Å²) >= 11 is 0. The number of rotatable bonds is 3. The van der Waals surface area contributed by atoms with E-state index in [1.165, 1.54) is 5.56 Å². The van der Waals surface area contributed by atoms with Gasteiger partial charge in [0.15, 0.2) is 0 Å². The number of nitrogens with zero attached hydrogens (tertiary/aromatic N) is 4. The van der Waals surface area contributed by atoms with E-state index in [9.17, 15) is 5.26 Å². The monoisotopic (exact) mass is 240 g/mol. The fourth-order valence-corrected chi connectivity index (χ4v) is 2.37. The van der Waals surface area contributed by atoms with Crippen LogP contribution in [-0.2, 0) is 12.8 Å². The Hall–Kier alpha value is -2.07. The van der Waals surface area contributed by atoms with Gasteiger partial charge in [-0.2, -0.15) is 10.5 Å². The fourth-order valence-electron chi connectivity index (χ4n) is 2.37. The second-order valence-corrected chi connectivity index (χ2v) is 4.84. The third-order valence-corrected chi connectivity index (χ3v) is 3.28. The van der Waals surface area contributed by atoms with Crippen LogP contribution in [0.3, 0.4) is 0 Å². The molecule has 2 rings (SSSR count). The molecule has 0 spiro atoms. The quantitative estimate of drug-likeness (QED) is 0.811. The number of fused-ring (bicyclic) bond motifs is 1. The highest BCUT2D eigenvalue weighted by Crippen LogP contribution is 2.26. The summed E-state index contributed by atoms with van der Waals surface area (Å²) in [6.45, 7) is 2.47. The predicted octanol–water partition coefficient (Wildman–Crippen LogP) is 2.04. The summed E-state index contributed by atoms with van der Waals surface area (Å²) in [5, 5.41) is 18.1. The van der Waals surface area contributed by atoms with E-state index in [-0.39, 0.29) is 5.92 Å². The van der Waals surface area contributed by atoms with Gasteiger partial charge in [0, 0.05) is 19.3 Å². The normalized spacial score (nSPS) is 14.4. The minimum Gasteiger partial charge on any atom is -0.357 e. The van der Waals surface area contributed by atoms with E-state index >= 15 is 0 Å². The van der Waals surface area contributed by atoms with Crippen LogP contribution in [0.1, 0.15) is 30.2 Å². The van der Waals surface area contributed by atoms with Crippen molar-refractivity contribution in [1.82, 2.24) is 4.98 Å². The fraction of sp³-hybridized carbons (Fsp3) is 0.500. The number of anilines is 1. The molecule has 0 aliphatic heterocycles. The van der Waals surface area contributed by atoms with Crippen LogP contribution in [0.25, 0.3) is 0 Å². The van der Waals surface area contributed by atoms with Crippen molar-refractivity contribution in [2.24, 2.45) is 5.92 Å². The minimum atomic E-state index is -0.0726. The second-order valence-electron chi connectivity index (χ2n) is 4.84. The molecule has 4 nitrogen and oxygen atoms in total. The largest absolute Gasteiger partial charge is 0.357 e. The van der Waals surface area contributed by atoms with Crippen molar-refractivity contribution < 1.29 is 0 Å². The molecule has 92 valence electrons. The number of pyridine rings is 1. The molecule has 0 bridgehead atoms. The summed E-state index contributed by atoms with van der Waals surface area (Å²) in [6.07, 6.45) is 3.14. The molecule has 0 fully saturated rings. The Morgan fingerprint density at radius 2 is 2.22 bits per heavy atom. The summed E-state index contributed by atoms with van der Waals surface area (Å²) in [5.74, 6) is 0.636. The average Bonchev–Trinajstić information content (AvgIpc) is 2.83. The predicted molar refractivity (Wildman–Crippen MR) is 69.0 cm³/mol. The van der Waals surface area contributed by atoms with Gasteiger partial charge in [-0.1, -0.05) is 0 Å². The van der Waals surface area contributed by atoms with Crippen LogP contribution < -0.4 is 4.90 Å². The maximum absolute atomic E-state index is 9.21. The molecule has 1 aromatic heterocycles. The number of nitriles is 2. The van der Waals surface area contributed by atoms with Crippen molar-refractivity contribution in [3.63, 3.8) is 0 Å². The van der Waals surface area contributed by atoms with Gasteiger partial charge in [-0.3, -0.25) is 0 Å². The number of aryl methyl sites for hydroxylation is 2. The maximum Gasteiger partial charge on any atom is 0.146 e. The molecule has 0 saturated heterocycles. The Morgan fingerprint density at radius 3 is 2.89 bits per heavy atom. The molecule has 0 amide bonds. The van der Waals surface area contributed by atoms with Crippen LogP contribution in [0, 0.1) is 28.6 Å². The van der Waals surface area contributed by atoms with Gasteiger partial charge in [0.25, 0.3) is 0 Å². The molecule has 18 heavy (non-hydrogen) atoms. The van der Waals surface area contributed by atoms with Gasteiger partial charge < -0.3 is 4.90 Å². The van der Waals surface area contributed by atoms with Gasteiger partial charge in [0.1, 0.15) is 11.9 Å². The highest BCUT2D eigenvalue weighted by Gasteiger charge is 2.19. The van der Waals surface area contributed by atoms with E-state index in [4.69, 9.17) is 5.26 Å². The number of hydrogen-bond acceptors (Lipinski definition) is 4. The van der Waals surface area contributed by atoms with E-state index in [1.807, 2.05) is 24.9 Å². The van der Waals surface area contributed by atoms with Gasteiger partial charge in [-0.25, -0.2) is 4.98 Å². The van der Waals surface area contributed by atoms with Crippen LogP contribution in [-0.4, -0.2) is 18.6 Å². The van der Waals surface area contributed by atoms with Gasteiger partial charge in [-0.15, -0.1) is 0 Å². The van der Waals surface area contributed by atoms with Crippen LogP contribution >= 0.6 is 0 Å². The van der Waals surface area contributed by atoms with E-state index in [0.717, 1.165) is 25.0 Å². The summed E-state index contributed by atoms with van der Waals surface area (Å²) in [7, 11) is 1.89. The first kappa shape index (κ1) is 12.4. The summed E-state index contributed by atoms with van der Waals surface area (Å²) in [5.41, 5.74) is 2.93. The topological polar surface area (TPSA) is 63.7 Å². The number of aromatic nitrogens is 1. The Balaban J connectivity index is 2.33. The Morgan fingerprint density at radius 1 is 1.44 bits per heavy atom. The standard InChI is InChI=1S/C14H16N4/c1-10(7-15)9-18(2)14-12(8-16)6-11-4-3-5-13(11)17-14/h6,10H,3-5,9H2,1-2H3. The summed E-state index contributed by atoms with van der Waals surface area (Å²) in [6, 6.07) is 6.37. The van der Waals surface area contributed by atoms with Crippen molar-refractivity contribution in [2.45, 2.75) is 26.2 Å². The Kier molecular flexibility index (Phi) is 3.48. The maximum atomic E-state index is 9.21. The molecule has 1 unspecified atom stereocenters. The minimum absolute atomic E-state index is 0.0726. The lowest BCUT2D eigenvalue weighted by molar-refractivity contribution is 0.708. The van der Waals surface area contributed by atoms with E-state index in [0.29, 0.717) is 17.9 Å². The molecule has 1 aliphatic rings. The molecular weight excluding hydrogens is 224 g/mol. The number of hydrogen-bond donors (Lipinski definition) is 0. The average molecular weight is 240 g/mol. The molecule has 4 heteroatoms. The highest BCUT2D eigenvalue weighted by atomic mass is 15.2. The van der Waals surface area contributed by atoms with E-state index < -0.39 is 0 Å². The molecule has 0 N–H and O–H groups in total. The second kappa shape index (κ2) is 5.06. The van der Waals surface area contributed by atoms with Crippen LogP contribution in [0.5, 0.6) is 0 Å². The van der Waals surface area contributed by atoms with Crippen molar-refractivity contribution >= 4 is 5.82 Å². The lowest BCUT2D eigenvalue weighted by atomic mass is 10.1. The Bertz CT molecular complexity index is 536. The first-order valence-electron chi connectivity index (χ1n) is 6.19. The zero-order chi connectivity index (χ0) is 13.1. The zero-order valence-electron chi connectivity index (χ0n) is 10.8. The highest BCUT2D eigenvalue weighted by molar-refractivity contribution is 5.56. The molecule has 1 aromatic rings. The van der Waals surface area contributed by atoms with E-state index in [2.05, 4.69) is 17.1 Å². The van der Waals surface area contributed by atoms with Crippen LogP contribution in [0.2, 0.25) is 0 Å². The van der Waals surface area contributed by atoms with Crippen molar-refractivity contribution in [2.75, 3.05) is 18.5 Å². The first-order valence-corrected chi connectivity index (χ1v) is 6.19. The van der Waals surface area contributed by atoms with Gasteiger partial charge in [0.05, 0.1) is 17.6 Å². The molecule has 1 aliphatic carbocycles. The molecule has 0 radical (unpaired) electrons. The summed E-state index contributed by atoms with van der Waals surface area (Å²) < 4.78 is 0. The van der Waals surface area contributed by atoms with Crippen molar-refractivity contribution in [3.05, 3.63) is 22.9 Å². The summed E-state index contributed by atoms with van der Waals surface area (Å²) in [4.78, 5) is 6.51. The van der Waals surface area contributed by atoms with Crippen molar-refractivity contribution in [3.8, 4) is 12.1 Å². The van der Waals surface area contributed by atoms with Gasteiger partial charge in [0.2, 0.25) is 0 Å². The SMILES string of the molecule is CC(C#N)CN(C)c1nc2c(cc1C#N)CCC2. The smallest absolute Gasteiger partial charge is 0.146 e. The molecular formula is C14H16N4. The molecule has 1 heterocycles. The first-order chi connectivity index (χ1) is 8.65. The molecule has 0 saturated carbocycles. The molecule has 0 aromatic carbocycles. The van der Waals surface area contributed by atoms with Gasteiger partial charge in [-0.05, 0) is 37.8 Å². The lowest BCUT2D eigenvalue weighted by Gasteiger charge is -2.21.